The minimum absolute atomic E-state index is 0.0697. The first-order valence-corrected chi connectivity index (χ1v) is 8.35. The van der Waals surface area contributed by atoms with Crippen molar-refractivity contribution >= 4 is 16.9 Å². The summed E-state index contributed by atoms with van der Waals surface area (Å²) in [6.07, 6.45) is 7.40. The quantitative estimate of drug-likeness (QED) is 0.728. The number of imidazole rings is 1. The van der Waals surface area contributed by atoms with Gasteiger partial charge in [-0.3, -0.25) is 9.78 Å². The van der Waals surface area contributed by atoms with E-state index in [0.29, 0.717) is 12.1 Å². The van der Waals surface area contributed by atoms with Crippen LogP contribution in [0.1, 0.15) is 34.8 Å². The third kappa shape index (κ3) is 2.66. The number of carbonyl (C=O) groups is 1. The largest absolute Gasteiger partial charge is 0.337 e. The Morgan fingerprint density at radius 3 is 3.00 bits per heavy atom. The molecule has 1 fully saturated rings. The summed E-state index contributed by atoms with van der Waals surface area (Å²) in [5.41, 5.74) is 3.82. The minimum Gasteiger partial charge on any atom is -0.337 e. The smallest absolute Gasteiger partial charge is 0.255 e. The van der Waals surface area contributed by atoms with Gasteiger partial charge in [-0.25, -0.2) is 4.98 Å². The highest BCUT2D eigenvalue weighted by Gasteiger charge is 2.26. The predicted octanol–water partition coefficient (Wildman–Crippen LogP) is 3.22. The fourth-order valence-electron chi connectivity index (χ4n) is 3.49. The second kappa shape index (κ2) is 6.07. The van der Waals surface area contributed by atoms with Crippen LogP contribution in [0.25, 0.3) is 11.0 Å². The number of hydrogen-bond acceptors (Lipinski definition) is 3. The van der Waals surface area contributed by atoms with E-state index in [9.17, 15) is 4.79 Å². The van der Waals surface area contributed by atoms with Gasteiger partial charge in [0.1, 0.15) is 0 Å². The van der Waals surface area contributed by atoms with E-state index >= 15 is 0 Å². The molecule has 0 aliphatic carbocycles. The number of aryl methyl sites for hydroxylation is 1. The maximum Gasteiger partial charge on any atom is 0.255 e. The van der Waals surface area contributed by atoms with Crippen LogP contribution in [-0.2, 0) is 0 Å². The number of benzene rings is 1. The number of para-hydroxylation sites is 2. The van der Waals surface area contributed by atoms with E-state index in [0.717, 1.165) is 36.0 Å². The van der Waals surface area contributed by atoms with Crippen LogP contribution in [0.3, 0.4) is 0 Å². The van der Waals surface area contributed by atoms with Gasteiger partial charge in [0.2, 0.25) is 0 Å². The molecule has 122 valence electrons. The van der Waals surface area contributed by atoms with Crippen molar-refractivity contribution in [3.8, 4) is 0 Å². The number of fused-ring (bicyclic) bond motifs is 1. The molecule has 0 bridgehead atoms. The first kappa shape index (κ1) is 14.9. The van der Waals surface area contributed by atoms with Crippen molar-refractivity contribution in [2.45, 2.75) is 25.8 Å². The van der Waals surface area contributed by atoms with Crippen molar-refractivity contribution in [3.63, 3.8) is 0 Å². The Bertz CT molecular complexity index is 886. The standard InChI is InChI=1S/C19H20N4O/c1-14-9-15(11-20-10-14)19(24)22-8-4-5-16(12-22)23-13-21-17-6-2-3-7-18(17)23/h2-3,6-7,9-11,13,16H,4-5,8,12H2,1H3. The Morgan fingerprint density at radius 2 is 2.12 bits per heavy atom. The van der Waals surface area contributed by atoms with Gasteiger partial charge < -0.3 is 9.47 Å². The number of piperidine rings is 1. The van der Waals surface area contributed by atoms with Crippen LogP contribution in [0.5, 0.6) is 0 Å². The number of aromatic nitrogens is 3. The van der Waals surface area contributed by atoms with Gasteiger partial charge >= 0.3 is 0 Å². The lowest BCUT2D eigenvalue weighted by Crippen LogP contribution is -2.40. The molecule has 1 aliphatic rings. The number of hydrogen-bond donors (Lipinski definition) is 0. The highest BCUT2D eigenvalue weighted by Crippen LogP contribution is 2.26. The summed E-state index contributed by atoms with van der Waals surface area (Å²) in [6.45, 7) is 3.48. The first-order valence-electron chi connectivity index (χ1n) is 8.35. The number of amides is 1. The van der Waals surface area contributed by atoms with Gasteiger partial charge in [-0.2, -0.15) is 0 Å². The van der Waals surface area contributed by atoms with E-state index in [1.54, 1.807) is 12.4 Å². The van der Waals surface area contributed by atoms with E-state index in [2.05, 4.69) is 20.6 Å². The van der Waals surface area contributed by atoms with Gasteiger partial charge in [0, 0.05) is 25.5 Å². The number of rotatable bonds is 2. The van der Waals surface area contributed by atoms with Crippen LogP contribution in [0.15, 0.2) is 49.1 Å². The topological polar surface area (TPSA) is 51.0 Å². The van der Waals surface area contributed by atoms with Gasteiger partial charge in [0.05, 0.1) is 29.0 Å². The van der Waals surface area contributed by atoms with Crippen molar-refractivity contribution in [1.29, 1.82) is 0 Å². The van der Waals surface area contributed by atoms with Crippen LogP contribution in [-0.4, -0.2) is 38.4 Å². The highest BCUT2D eigenvalue weighted by atomic mass is 16.2. The summed E-state index contributed by atoms with van der Waals surface area (Å²) in [5.74, 6) is 0.0697. The fraction of sp³-hybridized carbons (Fsp3) is 0.316. The van der Waals surface area contributed by atoms with Crippen LogP contribution >= 0.6 is 0 Å². The zero-order chi connectivity index (χ0) is 16.5. The summed E-state index contributed by atoms with van der Waals surface area (Å²) >= 11 is 0. The van der Waals surface area contributed by atoms with E-state index in [4.69, 9.17) is 0 Å². The maximum absolute atomic E-state index is 12.8. The number of carbonyl (C=O) groups excluding carboxylic acids is 1. The Kier molecular flexibility index (Phi) is 3.76. The average molecular weight is 320 g/mol. The van der Waals surface area contributed by atoms with Crippen molar-refractivity contribution < 1.29 is 4.79 Å². The van der Waals surface area contributed by atoms with Crippen molar-refractivity contribution in [3.05, 3.63) is 60.2 Å². The molecular formula is C19H20N4O. The molecule has 1 amide bonds. The Hall–Kier alpha value is -2.69. The van der Waals surface area contributed by atoms with Gasteiger partial charge in [0.25, 0.3) is 5.91 Å². The second-order valence-electron chi connectivity index (χ2n) is 6.44. The molecule has 3 heterocycles. The van der Waals surface area contributed by atoms with Crippen LogP contribution in [0.4, 0.5) is 0 Å². The van der Waals surface area contributed by atoms with E-state index in [1.807, 2.05) is 42.4 Å². The van der Waals surface area contributed by atoms with Crippen LogP contribution in [0.2, 0.25) is 0 Å². The summed E-state index contributed by atoms with van der Waals surface area (Å²) in [6, 6.07) is 10.3. The molecule has 1 aliphatic heterocycles. The van der Waals surface area contributed by atoms with Crippen LogP contribution < -0.4 is 0 Å². The zero-order valence-electron chi connectivity index (χ0n) is 13.7. The van der Waals surface area contributed by atoms with Crippen LogP contribution in [0, 0.1) is 6.92 Å². The predicted molar refractivity (Wildman–Crippen MR) is 92.9 cm³/mol. The van der Waals surface area contributed by atoms with Gasteiger partial charge in [-0.1, -0.05) is 12.1 Å². The normalized spacial score (nSPS) is 18.0. The van der Waals surface area contributed by atoms with Crippen molar-refractivity contribution in [1.82, 2.24) is 19.4 Å². The van der Waals surface area contributed by atoms with Gasteiger partial charge in [-0.15, -0.1) is 0 Å². The number of pyridine rings is 1. The van der Waals surface area contributed by atoms with Crippen molar-refractivity contribution in [2.24, 2.45) is 0 Å². The average Bonchev–Trinajstić information content (AvgIpc) is 3.05. The zero-order valence-corrected chi connectivity index (χ0v) is 13.7. The molecule has 1 aromatic carbocycles. The Balaban J connectivity index is 1.59. The summed E-state index contributed by atoms with van der Waals surface area (Å²) in [4.78, 5) is 23.4. The van der Waals surface area contributed by atoms with E-state index in [-0.39, 0.29) is 11.9 Å². The lowest BCUT2D eigenvalue weighted by molar-refractivity contribution is 0.0681. The third-order valence-corrected chi connectivity index (χ3v) is 4.68. The molecule has 1 unspecified atom stereocenters. The van der Waals surface area contributed by atoms with Gasteiger partial charge in [-0.05, 0) is 43.5 Å². The van der Waals surface area contributed by atoms with E-state index in [1.165, 1.54) is 0 Å². The van der Waals surface area contributed by atoms with Gasteiger partial charge in [0.15, 0.2) is 0 Å². The highest BCUT2D eigenvalue weighted by molar-refractivity contribution is 5.94. The molecule has 1 atom stereocenters. The second-order valence-corrected chi connectivity index (χ2v) is 6.44. The molecule has 2 aromatic heterocycles. The number of nitrogens with zero attached hydrogens (tertiary/aromatic N) is 4. The molecule has 5 heteroatoms. The lowest BCUT2D eigenvalue weighted by Gasteiger charge is -2.33. The number of likely N-dealkylation sites (tertiary alicyclic amines) is 1. The SMILES string of the molecule is Cc1cncc(C(=O)N2CCCC(n3cnc4ccccc43)C2)c1. The first-order chi connectivity index (χ1) is 11.7. The molecule has 0 saturated carbocycles. The van der Waals surface area contributed by atoms with Crippen molar-refractivity contribution in [2.75, 3.05) is 13.1 Å². The molecule has 1 saturated heterocycles. The maximum atomic E-state index is 12.8. The molecule has 0 spiro atoms. The molecule has 4 rings (SSSR count). The lowest BCUT2D eigenvalue weighted by atomic mass is 10.0. The Morgan fingerprint density at radius 1 is 1.25 bits per heavy atom. The Labute approximate surface area is 140 Å². The minimum atomic E-state index is 0.0697. The summed E-state index contributed by atoms with van der Waals surface area (Å²) < 4.78 is 2.21. The molecular weight excluding hydrogens is 300 g/mol. The fourth-order valence-corrected chi connectivity index (χ4v) is 3.49. The molecule has 5 nitrogen and oxygen atoms in total. The molecule has 3 aromatic rings. The van der Waals surface area contributed by atoms with E-state index < -0.39 is 0 Å². The third-order valence-electron chi connectivity index (χ3n) is 4.68. The molecule has 0 N–H and O–H groups in total. The monoisotopic (exact) mass is 320 g/mol. The molecule has 24 heavy (non-hydrogen) atoms. The summed E-state index contributed by atoms with van der Waals surface area (Å²) in [7, 11) is 0. The summed E-state index contributed by atoms with van der Waals surface area (Å²) in [5, 5.41) is 0. The molecule has 0 radical (unpaired) electrons.